The lowest BCUT2D eigenvalue weighted by atomic mass is 10.1. The molecule has 25 heavy (non-hydrogen) atoms. The van der Waals surface area contributed by atoms with Crippen LogP contribution in [0.15, 0.2) is 24.3 Å². The zero-order valence-electron chi connectivity index (χ0n) is 13.6. The second-order valence-electron chi connectivity index (χ2n) is 4.95. The van der Waals surface area contributed by atoms with Crippen LogP contribution in [0.4, 0.5) is 8.78 Å². The summed E-state index contributed by atoms with van der Waals surface area (Å²) in [6.45, 7) is -0.549. The topological polar surface area (TPSA) is 79.6 Å². The summed E-state index contributed by atoms with van der Waals surface area (Å²) in [5.74, 6) is -2.54. The molecule has 1 heterocycles. The molecule has 0 N–H and O–H groups in total. The highest BCUT2D eigenvalue weighted by Gasteiger charge is 2.14. The molecule has 9 heteroatoms. The van der Waals surface area contributed by atoms with E-state index in [2.05, 4.69) is 9.84 Å². The fourth-order valence-corrected chi connectivity index (χ4v) is 1.99. The molecule has 0 aliphatic carbocycles. The molecule has 0 spiro atoms. The molecule has 2 aromatic rings. The third-order valence-corrected chi connectivity index (χ3v) is 3.20. The second kappa shape index (κ2) is 8.22. The highest BCUT2D eigenvalue weighted by molar-refractivity contribution is 5.72. The summed E-state index contributed by atoms with van der Waals surface area (Å²) in [4.78, 5) is 22.4. The van der Waals surface area contributed by atoms with Crippen molar-refractivity contribution in [2.24, 2.45) is 7.05 Å². The van der Waals surface area contributed by atoms with Gasteiger partial charge in [0.25, 0.3) is 0 Å². The van der Waals surface area contributed by atoms with Gasteiger partial charge < -0.3 is 14.2 Å². The molecule has 0 fully saturated rings. The van der Waals surface area contributed by atoms with E-state index < -0.39 is 30.2 Å². The van der Waals surface area contributed by atoms with Gasteiger partial charge in [-0.2, -0.15) is 0 Å². The first-order chi connectivity index (χ1) is 11.9. The molecule has 0 radical (unpaired) electrons. The van der Waals surface area contributed by atoms with Crippen LogP contribution in [-0.4, -0.2) is 42.0 Å². The summed E-state index contributed by atoms with van der Waals surface area (Å²) in [5.41, 5.74) is 0.499. The van der Waals surface area contributed by atoms with Crippen LogP contribution in [0.1, 0.15) is 6.42 Å². The number of ether oxygens (including phenoxy) is 3. The zero-order chi connectivity index (χ0) is 18.4. The van der Waals surface area contributed by atoms with E-state index in [4.69, 9.17) is 9.47 Å². The Balaban J connectivity index is 1.94. The Kier molecular flexibility index (Phi) is 6.04. The maximum Gasteiger partial charge on any atom is 0.344 e. The number of benzene rings is 1. The van der Waals surface area contributed by atoms with Crippen molar-refractivity contribution >= 4 is 11.9 Å². The first-order valence-electron chi connectivity index (χ1n) is 7.25. The van der Waals surface area contributed by atoms with Gasteiger partial charge in [-0.3, -0.25) is 9.48 Å². The van der Waals surface area contributed by atoms with E-state index in [-0.39, 0.29) is 24.5 Å². The smallest absolute Gasteiger partial charge is 0.344 e. The van der Waals surface area contributed by atoms with E-state index in [9.17, 15) is 18.4 Å². The van der Waals surface area contributed by atoms with Gasteiger partial charge in [0.15, 0.2) is 6.61 Å². The van der Waals surface area contributed by atoms with Gasteiger partial charge in [0.2, 0.25) is 5.88 Å². The number of nitrogens with zero attached hydrogens (tertiary/aromatic N) is 2. The highest BCUT2D eigenvalue weighted by atomic mass is 19.1. The molecule has 0 saturated heterocycles. The van der Waals surface area contributed by atoms with Crippen molar-refractivity contribution in [3.8, 4) is 17.1 Å². The lowest BCUT2D eigenvalue weighted by Gasteiger charge is -2.04. The predicted molar refractivity (Wildman–Crippen MR) is 81.6 cm³/mol. The molecule has 0 aliphatic heterocycles. The minimum Gasteiger partial charge on any atom is -0.469 e. The number of aryl methyl sites for hydroxylation is 1. The van der Waals surface area contributed by atoms with Crippen LogP contribution in [0.3, 0.4) is 0 Å². The lowest BCUT2D eigenvalue weighted by Crippen LogP contribution is -2.17. The number of methoxy groups -OCH3 is 1. The molecule has 1 aromatic carbocycles. The Morgan fingerprint density at radius 1 is 1.20 bits per heavy atom. The molecule has 2 rings (SSSR count). The van der Waals surface area contributed by atoms with Gasteiger partial charge in [-0.25, -0.2) is 13.6 Å². The second-order valence-corrected chi connectivity index (χ2v) is 4.95. The van der Waals surface area contributed by atoms with Crippen molar-refractivity contribution in [3.63, 3.8) is 0 Å². The van der Waals surface area contributed by atoms with E-state index in [1.165, 1.54) is 23.9 Å². The van der Waals surface area contributed by atoms with Crippen molar-refractivity contribution in [1.82, 2.24) is 9.78 Å². The average Bonchev–Trinajstić information content (AvgIpc) is 2.93. The van der Waals surface area contributed by atoms with Gasteiger partial charge in [0.1, 0.15) is 18.2 Å². The fraction of sp³-hybridized carbons (Fsp3) is 0.312. The zero-order valence-corrected chi connectivity index (χ0v) is 13.6. The fourth-order valence-electron chi connectivity index (χ4n) is 1.99. The number of halogens is 2. The van der Waals surface area contributed by atoms with Crippen LogP contribution in [0.25, 0.3) is 11.3 Å². The average molecular weight is 354 g/mol. The highest BCUT2D eigenvalue weighted by Crippen LogP contribution is 2.26. The number of aromatic nitrogens is 2. The molecule has 134 valence electrons. The van der Waals surface area contributed by atoms with Gasteiger partial charge >= 0.3 is 11.9 Å². The normalized spacial score (nSPS) is 10.4. The van der Waals surface area contributed by atoms with Crippen LogP contribution < -0.4 is 4.74 Å². The van der Waals surface area contributed by atoms with Gasteiger partial charge in [-0.05, 0) is 12.1 Å². The summed E-state index contributed by atoms with van der Waals surface area (Å²) in [6.07, 6.45) is -0.0557. The minimum absolute atomic E-state index is 0.0557. The Hall–Kier alpha value is -2.97. The van der Waals surface area contributed by atoms with Crippen LogP contribution in [0.2, 0.25) is 0 Å². The van der Waals surface area contributed by atoms with E-state index in [0.29, 0.717) is 5.69 Å². The maximum atomic E-state index is 13.8. The van der Waals surface area contributed by atoms with Crippen molar-refractivity contribution in [3.05, 3.63) is 35.9 Å². The van der Waals surface area contributed by atoms with E-state index in [1.807, 2.05) is 0 Å². The monoisotopic (exact) mass is 354 g/mol. The Morgan fingerprint density at radius 3 is 2.64 bits per heavy atom. The van der Waals surface area contributed by atoms with E-state index in [0.717, 1.165) is 12.1 Å². The third-order valence-electron chi connectivity index (χ3n) is 3.20. The largest absolute Gasteiger partial charge is 0.469 e. The number of carbonyl (C=O) groups excluding carboxylic acids is 2. The number of hydrogen-bond donors (Lipinski definition) is 0. The Bertz CT molecular complexity index is 776. The molecule has 0 unspecified atom stereocenters. The molecule has 0 atom stereocenters. The quantitative estimate of drug-likeness (QED) is 0.706. The Labute approximate surface area is 142 Å². The number of rotatable bonds is 7. The number of hydrogen-bond acceptors (Lipinski definition) is 6. The Morgan fingerprint density at radius 2 is 1.96 bits per heavy atom. The molecule has 1 aromatic heterocycles. The van der Waals surface area contributed by atoms with Gasteiger partial charge in [-0.1, -0.05) is 0 Å². The van der Waals surface area contributed by atoms with Crippen molar-refractivity contribution < 1.29 is 32.6 Å². The molecule has 0 amide bonds. The summed E-state index contributed by atoms with van der Waals surface area (Å²) in [7, 11) is 2.79. The number of carbonyl (C=O) groups is 2. The predicted octanol–water partition coefficient (Wildman–Crippen LogP) is 1.85. The summed E-state index contributed by atoms with van der Waals surface area (Å²) >= 11 is 0. The van der Waals surface area contributed by atoms with Gasteiger partial charge in [0, 0.05) is 24.7 Å². The van der Waals surface area contributed by atoms with Crippen molar-refractivity contribution in [2.75, 3.05) is 20.3 Å². The molecule has 7 nitrogen and oxygen atoms in total. The lowest BCUT2D eigenvalue weighted by molar-refractivity contribution is -0.149. The molecule has 0 aliphatic rings. The standard InChI is InChI=1S/C16H16F2N2O5/c1-20-13(11-4-3-10(17)7-12(11)18)8-14(19-20)25-9-16(22)24-6-5-15(21)23-2/h3-4,7-8H,5-6,9H2,1-2H3. The van der Waals surface area contributed by atoms with E-state index in [1.54, 1.807) is 7.05 Å². The van der Waals surface area contributed by atoms with Gasteiger partial charge in [-0.15, -0.1) is 5.10 Å². The third kappa shape index (κ3) is 5.00. The summed E-state index contributed by atoms with van der Waals surface area (Å²) < 4.78 is 42.5. The SMILES string of the molecule is COC(=O)CCOC(=O)COc1cc(-c2ccc(F)cc2F)n(C)n1. The summed E-state index contributed by atoms with van der Waals surface area (Å²) in [6, 6.07) is 4.59. The maximum absolute atomic E-state index is 13.8. The first-order valence-corrected chi connectivity index (χ1v) is 7.25. The van der Waals surface area contributed by atoms with Crippen LogP contribution in [-0.2, 0) is 26.1 Å². The van der Waals surface area contributed by atoms with Crippen molar-refractivity contribution in [1.29, 1.82) is 0 Å². The van der Waals surface area contributed by atoms with Crippen LogP contribution in [0.5, 0.6) is 5.88 Å². The molecule has 0 bridgehead atoms. The minimum atomic E-state index is -0.739. The van der Waals surface area contributed by atoms with Gasteiger partial charge in [0.05, 0.1) is 19.2 Å². The van der Waals surface area contributed by atoms with Crippen LogP contribution in [0, 0.1) is 11.6 Å². The molecular formula is C16H16F2N2O5. The molecule has 0 saturated carbocycles. The van der Waals surface area contributed by atoms with Crippen molar-refractivity contribution in [2.45, 2.75) is 6.42 Å². The summed E-state index contributed by atoms with van der Waals surface area (Å²) in [5, 5.41) is 4.00. The first kappa shape index (κ1) is 18.4. The molecular weight excluding hydrogens is 338 g/mol. The number of esters is 2. The van der Waals surface area contributed by atoms with Crippen LogP contribution >= 0.6 is 0 Å². The van der Waals surface area contributed by atoms with E-state index >= 15 is 0 Å².